The summed E-state index contributed by atoms with van der Waals surface area (Å²) in [5, 5.41) is 0. The first-order valence-corrected chi connectivity index (χ1v) is 44.2. The van der Waals surface area contributed by atoms with Gasteiger partial charge in [-0.1, -0.05) is 6.92 Å². The Labute approximate surface area is 595 Å². The Hall–Kier alpha value is -0.830. The summed E-state index contributed by atoms with van der Waals surface area (Å²) in [6.07, 6.45) is 30.2. The molecule has 14 fully saturated rings. The maximum atomic E-state index is 9.34. The molecule has 0 amide bonds. The summed E-state index contributed by atoms with van der Waals surface area (Å²) in [5.74, 6) is 8.01. The molecule has 14 saturated heterocycles. The lowest BCUT2D eigenvalue weighted by Crippen LogP contribution is -2.64. The maximum Gasteiger partial charge on any atom is 0.139 e. The zero-order chi connectivity index (χ0) is 75.4. The fourth-order valence-corrected chi connectivity index (χ4v) is 17.2. The van der Waals surface area contributed by atoms with E-state index in [2.05, 4.69) is 37.8 Å². The van der Waals surface area contributed by atoms with Crippen molar-refractivity contribution in [2.24, 2.45) is 5.92 Å². The van der Waals surface area contributed by atoms with Crippen LogP contribution in [0.25, 0.3) is 0 Å². The van der Waals surface area contributed by atoms with Crippen LogP contribution in [0.5, 0.6) is 0 Å². The van der Waals surface area contributed by atoms with Gasteiger partial charge in [-0.2, -0.15) is 0 Å². The molecule has 24 atom stereocenters. The van der Waals surface area contributed by atoms with Gasteiger partial charge >= 0.3 is 0 Å². The van der Waals surface area contributed by atoms with Crippen LogP contribution in [0.2, 0.25) is 0 Å². The van der Waals surface area contributed by atoms with Crippen LogP contribution in [0.4, 0.5) is 0 Å². The number of methoxy groups -OCH3 is 6. The van der Waals surface area contributed by atoms with Gasteiger partial charge in [0.15, 0.2) is 0 Å². The van der Waals surface area contributed by atoms with E-state index < -0.39 is 89.7 Å². The number of ether oxygens (including phenoxy) is 18. The van der Waals surface area contributed by atoms with E-state index in [9.17, 15) is 58.7 Å². The second-order valence-electron chi connectivity index (χ2n) is 27.3. The van der Waals surface area contributed by atoms with E-state index in [0.717, 1.165) is 6.42 Å². The van der Waals surface area contributed by atoms with E-state index in [1.165, 1.54) is 34.9 Å². The van der Waals surface area contributed by atoms with Crippen molar-refractivity contribution in [3.8, 4) is 0 Å². The van der Waals surface area contributed by atoms with Crippen molar-refractivity contribution in [2.75, 3.05) is 88.9 Å². The van der Waals surface area contributed by atoms with Crippen molar-refractivity contribution >= 4 is 97.5 Å². The lowest BCUT2D eigenvalue weighted by atomic mass is 9.78. The van der Waals surface area contributed by atoms with Crippen molar-refractivity contribution in [3.05, 3.63) is 71.4 Å². The average Bonchev–Trinajstić information content (AvgIpc) is 1.73. The molecule has 0 aromatic rings. The van der Waals surface area contributed by atoms with E-state index in [0.29, 0.717) is 65.5 Å². The van der Waals surface area contributed by atoms with Crippen molar-refractivity contribution in [2.45, 2.75) is 191 Å². The van der Waals surface area contributed by atoms with Crippen LogP contribution in [0.3, 0.4) is 0 Å². The molecule has 14 aliphatic rings. The Bertz CT molecular complexity index is 3070. The molecule has 12 N–H and O–H groups in total. The minimum absolute atomic E-state index is 0.00617. The van der Waals surface area contributed by atoms with Gasteiger partial charge in [-0.15, -0.1) is 0 Å². The van der Waals surface area contributed by atoms with Gasteiger partial charge in [-0.3, -0.25) is 0 Å². The highest BCUT2D eigenvalue weighted by atomic mass is 31.2. The standard InChI is InChI=1S/3C11H19O5P.2C10H16BO5P.C10H17O5P/c1-8-9-10(14-2)11(16-8,4-6-15-9)5-7-17(3,12)13;1-8-9-6-10(14-2)11(16-8,7-15-9)4-5-17(3,12)13;1-8-6-16-11(4-5-17(3,12)13)7-15-9(8)10(11)14-2;1-14-9-7-5-8(11)16-10(9,6-15-7)3-4-17(2,12)13;1-14-8-5-7-9(11)16-10(8,6-15-7)3-4-17(2,12)13;1-7-8-9(13-2)10(15-7,6-14-8)4-5-16(3,11)12/h5,7-10,12-13H,3-4,6H2,1-2H3;2*4-5,8-10,12-13H,3,6-7H2,1-2H3;2*3-4,7-9,12-13H,2,5-6H2,1H3;4-5,7-9,11-12H,3,6H2,1-2H3/b7-5+;2*5-4+;2*4-3+;5-4+/t8-,9+,10?,11+;8?,9-,10+,11+;;;7-,8+,9?,10+;7-,8+,9?,10-/m01..10/s1. The smallest absolute Gasteiger partial charge is 0.139 e. The Morgan fingerprint density at radius 1 is 0.366 bits per heavy atom. The number of hydrogen-bond acceptors (Lipinski definition) is 30. The molecule has 0 aromatic carbocycles. The summed E-state index contributed by atoms with van der Waals surface area (Å²) < 4.78 is 101. The quantitative estimate of drug-likeness (QED) is 0.0690. The molecular formula is C63H106B2O30P6. The van der Waals surface area contributed by atoms with Crippen molar-refractivity contribution in [1.29, 1.82) is 0 Å². The molecule has 14 aliphatic heterocycles. The minimum atomic E-state index is -3.24. The first kappa shape index (κ1) is 87.4. The highest BCUT2D eigenvalue weighted by molar-refractivity contribution is 7.67. The van der Waals surface area contributed by atoms with E-state index in [1.54, 1.807) is 79.1 Å². The largest absolute Gasteiger partial charge is 0.378 e. The van der Waals surface area contributed by atoms with Crippen molar-refractivity contribution in [3.63, 3.8) is 0 Å². The molecule has 38 heteroatoms. The molecule has 12 bridgehead atoms. The molecule has 0 aliphatic carbocycles. The molecule has 0 aromatic heterocycles. The third kappa shape index (κ3) is 22.2. The lowest BCUT2D eigenvalue weighted by molar-refractivity contribution is -0.288. The molecule has 574 valence electrons. The normalized spacial score (nSPS) is 42.4. The van der Waals surface area contributed by atoms with E-state index >= 15 is 0 Å². The first-order valence-electron chi connectivity index (χ1n) is 32.5. The van der Waals surface area contributed by atoms with Gasteiger partial charge in [0.05, 0.1) is 101 Å². The van der Waals surface area contributed by atoms with Gasteiger partial charge in [0, 0.05) is 79.8 Å². The average molecular weight is 1550 g/mol. The van der Waals surface area contributed by atoms with Gasteiger partial charge in [-0.25, -0.2) is 0 Å². The van der Waals surface area contributed by atoms with Crippen LogP contribution < -0.4 is 0 Å². The van der Waals surface area contributed by atoms with E-state index in [1.807, 2.05) is 27.7 Å². The Kier molecular flexibility index (Phi) is 30.0. The number of fused-ring (bicyclic) bond motifs is 14. The Balaban J connectivity index is 0.000000170. The predicted octanol–water partition coefficient (Wildman–Crippen LogP) is 2.03. The molecule has 12 unspecified atom stereocenters. The number of rotatable bonds is 18. The van der Waals surface area contributed by atoms with Crippen LogP contribution >= 0.6 is 44.0 Å². The zero-order valence-corrected chi connectivity index (χ0v) is 64.3. The minimum Gasteiger partial charge on any atom is -0.378 e. The van der Waals surface area contributed by atoms with Gasteiger partial charge in [0.1, 0.15) is 130 Å². The molecule has 4 radical (unpaired) electrons. The van der Waals surface area contributed by atoms with Gasteiger partial charge < -0.3 is 144 Å². The van der Waals surface area contributed by atoms with Crippen LogP contribution in [0.15, 0.2) is 71.4 Å². The summed E-state index contributed by atoms with van der Waals surface area (Å²) in [7, 11) is 1.93. The highest BCUT2D eigenvalue weighted by Gasteiger charge is 2.61. The maximum absolute atomic E-state index is 9.34. The summed E-state index contributed by atoms with van der Waals surface area (Å²) >= 11 is 0. The van der Waals surface area contributed by atoms with Crippen molar-refractivity contribution < 1.29 is 144 Å². The number of hydrogen-bond donors (Lipinski definition) is 12. The molecular weight excluding hydrogens is 1440 g/mol. The summed E-state index contributed by atoms with van der Waals surface area (Å²) in [4.78, 5) is 112. The van der Waals surface area contributed by atoms with Crippen LogP contribution in [-0.2, 0) is 85.3 Å². The summed E-state index contributed by atoms with van der Waals surface area (Å²) in [6.45, 7) is 10.7. The lowest BCUT2D eigenvalue weighted by Gasteiger charge is -2.52. The first-order chi connectivity index (χ1) is 46.7. The molecule has 0 spiro atoms. The summed E-state index contributed by atoms with van der Waals surface area (Å²) in [6, 6.07) is -0.955. The van der Waals surface area contributed by atoms with Crippen molar-refractivity contribution in [1.82, 2.24) is 0 Å². The fraction of sp³-hybridized carbons (Fsp3) is 0.714. The van der Waals surface area contributed by atoms with Gasteiger partial charge in [-0.05, 0) is 136 Å². The monoisotopic (exact) mass is 1550 g/mol. The third-order valence-electron chi connectivity index (χ3n) is 19.1. The van der Waals surface area contributed by atoms with Crippen LogP contribution in [0, 0.1) is 5.92 Å². The van der Waals surface area contributed by atoms with E-state index in [-0.39, 0.29) is 97.5 Å². The Morgan fingerprint density at radius 3 is 1.18 bits per heavy atom. The zero-order valence-electron chi connectivity index (χ0n) is 58.9. The van der Waals surface area contributed by atoms with E-state index in [4.69, 9.17) is 101 Å². The molecule has 101 heavy (non-hydrogen) atoms. The Morgan fingerprint density at radius 2 is 0.713 bits per heavy atom. The second-order valence-corrected chi connectivity index (χ2v) is 38.5. The van der Waals surface area contributed by atoms with Crippen LogP contribution in [0.1, 0.15) is 53.4 Å². The third-order valence-corrected chi connectivity index (χ3v) is 22.8. The second kappa shape index (κ2) is 34.6. The van der Waals surface area contributed by atoms with Gasteiger partial charge in [0.25, 0.3) is 0 Å². The topological polar surface area (TPSA) is 409 Å². The summed E-state index contributed by atoms with van der Waals surface area (Å²) in [5.41, 5.74) is -4.45. The highest BCUT2D eigenvalue weighted by Crippen LogP contribution is 2.51. The molecule has 14 rings (SSSR count). The molecule has 0 saturated carbocycles. The predicted molar refractivity (Wildman–Crippen MR) is 392 cm³/mol. The van der Waals surface area contributed by atoms with Gasteiger partial charge in [0.2, 0.25) is 0 Å². The fourth-order valence-electron chi connectivity index (χ4n) is 14.3. The molecule has 30 nitrogen and oxygen atoms in total. The van der Waals surface area contributed by atoms with Crippen LogP contribution in [-0.4, -0.2) is 338 Å². The molecule has 14 heterocycles. The SMILES string of the molecule is C=P(O)(O)/C=C/C12COC(C(C)CO1)C2OC.C=P(O)(O)/C=C/[C@]12CCO[C@@H](C1OC)[C@H](C)O2.C=P(O)(O)/C=C/[C@]12CO[C@@H](C1OC)[C@H](C)O2.C=P(O)(O)/C=C/[C@]12CO[C@H](C[C@@H]1OC)C(C)O2.[B]C1CC2OCC(/C=C/P(=C)(O)O)(O1)C2OC.[B]C1O[C@@]2(/C=C/P(=C)(O)O)CO[C@@H]1C[C@@H]2OC.